The van der Waals surface area contributed by atoms with Crippen molar-refractivity contribution in [1.82, 2.24) is 0 Å². The fourth-order valence-electron chi connectivity index (χ4n) is 1.39. The van der Waals surface area contributed by atoms with Crippen LogP contribution in [0.3, 0.4) is 0 Å². The Labute approximate surface area is 120 Å². The van der Waals surface area contributed by atoms with E-state index >= 15 is 0 Å². The molecule has 0 aliphatic heterocycles. The first-order chi connectivity index (χ1) is 9.22. The van der Waals surface area contributed by atoms with Crippen molar-refractivity contribution in [2.24, 2.45) is 0 Å². The summed E-state index contributed by atoms with van der Waals surface area (Å²) in [5, 5.41) is 20.2. The largest absolute Gasteiger partial charge is 0.493 e. The molecule has 0 spiro atoms. The molecule has 1 aromatic carbocycles. The molecular formula is C12H15NO6S. The number of nitrogens with zero attached hydrogens (tertiary/aromatic N) is 1. The Kier molecular flexibility index (Phi) is 4.83. The van der Waals surface area contributed by atoms with Crippen LogP contribution in [0.2, 0.25) is 0 Å². The van der Waals surface area contributed by atoms with Gasteiger partial charge in [0.05, 0.1) is 30.1 Å². The second kappa shape index (κ2) is 6.00. The van der Waals surface area contributed by atoms with Gasteiger partial charge in [-0.05, 0) is 13.8 Å². The van der Waals surface area contributed by atoms with Gasteiger partial charge in [-0.15, -0.1) is 11.8 Å². The molecule has 0 saturated heterocycles. The Morgan fingerprint density at radius 1 is 1.30 bits per heavy atom. The van der Waals surface area contributed by atoms with Crippen LogP contribution in [0, 0.1) is 10.1 Å². The van der Waals surface area contributed by atoms with Crippen molar-refractivity contribution in [1.29, 1.82) is 0 Å². The molecule has 0 fully saturated rings. The number of rotatable bonds is 6. The predicted octanol–water partition coefficient (Wildman–Crippen LogP) is 2.57. The molecule has 0 aliphatic rings. The average Bonchev–Trinajstić information content (AvgIpc) is 2.37. The number of hydrogen-bond donors (Lipinski definition) is 1. The normalized spacial score (nSPS) is 11.0. The van der Waals surface area contributed by atoms with Crippen molar-refractivity contribution in [2.75, 3.05) is 14.2 Å². The van der Waals surface area contributed by atoms with E-state index in [9.17, 15) is 14.9 Å². The quantitative estimate of drug-likeness (QED) is 0.489. The lowest BCUT2D eigenvalue weighted by Gasteiger charge is -2.19. The lowest BCUT2D eigenvalue weighted by Crippen LogP contribution is -2.27. The first-order valence-corrected chi connectivity index (χ1v) is 6.37. The number of carbonyl (C=O) groups is 1. The molecule has 0 saturated carbocycles. The van der Waals surface area contributed by atoms with Crippen molar-refractivity contribution in [3.63, 3.8) is 0 Å². The summed E-state index contributed by atoms with van der Waals surface area (Å²) in [6, 6.07) is 2.63. The van der Waals surface area contributed by atoms with Crippen LogP contribution in [0.1, 0.15) is 13.8 Å². The molecule has 110 valence electrons. The van der Waals surface area contributed by atoms with Gasteiger partial charge in [0.1, 0.15) is 4.75 Å². The first-order valence-electron chi connectivity index (χ1n) is 5.55. The fourth-order valence-corrected chi connectivity index (χ4v) is 2.43. The third-order valence-electron chi connectivity index (χ3n) is 2.54. The number of aliphatic carboxylic acids is 1. The summed E-state index contributed by atoms with van der Waals surface area (Å²) >= 11 is 0.881. The number of hydrogen-bond acceptors (Lipinski definition) is 6. The highest BCUT2D eigenvalue weighted by molar-refractivity contribution is 8.01. The lowest BCUT2D eigenvalue weighted by molar-refractivity contribution is -0.387. The number of nitro groups is 1. The van der Waals surface area contributed by atoms with Crippen LogP contribution < -0.4 is 9.47 Å². The zero-order valence-corrected chi connectivity index (χ0v) is 12.3. The number of nitro benzene ring substituents is 1. The minimum atomic E-state index is -1.20. The minimum Gasteiger partial charge on any atom is -0.493 e. The summed E-state index contributed by atoms with van der Waals surface area (Å²) in [7, 11) is 2.77. The van der Waals surface area contributed by atoms with E-state index in [4.69, 9.17) is 14.6 Å². The number of benzene rings is 1. The Morgan fingerprint density at radius 2 is 1.80 bits per heavy atom. The van der Waals surface area contributed by atoms with Crippen molar-refractivity contribution in [2.45, 2.75) is 23.5 Å². The van der Waals surface area contributed by atoms with E-state index in [0.29, 0.717) is 5.75 Å². The van der Waals surface area contributed by atoms with Gasteiger partial charge in [-0.2, -0.15) is 0 Å². The summed E-state index contributed by atoms with van der Waals surface area (Å²) in [5.41, 5.74) is -0.220. The highest BCUT2D eigenvalue weighted by Gasteiger charge is 2.32. The summed E-state index contributed by atoms with van der Waals surface area (Å²) in [5.74, 6) is -0.537. The molecule has 1 N–H and O–H groups in total. The topological polar surface area (TPSA) is 98.9 Å². The van der Waals surface area contributed by atoms with Gasteiger partial charge in [0.2, 0.25) is 0 Å². The predicted molar refractivity (Wildman–Crippen MR) is 73.8 cm³/mol. The van der Waals surface area contributed by atoms with Gasteiger partial charge < -0.3 is 14.6 Å². The summed E-state index contributed by atoms with van der Waals surface area (Å²) in [6.45, 7) is 2.95. The molecule has 20 heavy (non-hydrogen) atoms. The molecule has 0 heterocycles. The van der Waals surface area contributed by atoms with Crippen molar-refractivity contribution in [3.8, 4) is 11.5 Å². The van der Waals surface area contributed by atoms with Gasteiger partial charge >= 0.3 is 5.97 Å². The lowest BCUT2D eigenvalue weighted by atomic mass is 10.2. The van der Waals surface area contributed by atoms with Gasteiger partial charge in [0.15, 0.2) is 11.5 Å². The van der Waals surface area contributed by atoms with Crippen molar-refractivity contribution < 1.29 is 24.3 Å². The maximum absolute atomic E-state index is 11.1. The van der Waals surface area contributed by atoms with E-state index in [1.165, 1.54) is 40.2 Å². The molecule has 0 aliphatic carbocycles. The molecule has 0 amide bonds. The summed E-state index contributed by atoms with van der Waals surface area (Å²) in [6.07, 6.45) is 0. The molecule has 7 nitrogen and oxygen atoms in total. The fraction of sp³-hybridized carbons (Fsp3) is 0.417. The van der Waals surface area contributed by atoms with Gasteiger partial charge in [-0.1, -0.05) is 0 Å². The smallest absolute Gasteiger partial charge is 0.319 e. The Balaban J connectivity index is 3.36. The minimum absolute atomic E-state index is 0.208. The maximum Gasteiger partial charge on any atom is 0.319 e. The zero-order chi connectivity index (χ0) is 15.5. The molecule has 1 aromatic rings. The second-order valence-corrected chi connectivity index (χ2v) is 6.01. The van der Waals surface area contributed by atoms with Crippen molar-refractivity contribution >= 4 is 23.4 Å². The Morgan fingerprint density at radius 3 is 2.20 bits per heavy atom. The van der Waals surface area contributed by atoms with E-state index in [0.717, 1.165) is 11.8 Å². The average molecular weight is 301 g/mol. The second-order valence-electron chi connectivity index (χ2n) is 4.35. The Hall–Kier alpha value is -1.96. The zero-order valence-electron chi connectivity index (χ0n) is 11.5. The van der Waals surface area contributed by atoms with Crippen LogP contribution in [0.4, 0.5) is 5.69 Å². The van der Waals surface area contributed by atoms with E-state index < -0.39 is 15.6 Å². The third kappa shape index (κ3) is 3.32. The number of methoxy groups -OCH3 is 2. The molecule has 1 rings (SSSR count). The molecule has 8 heteroatoms. The van der Waals surface area contributed by atoms with Crippen molar-refractivity contribution in [3.05, 3.63) is 22.2 Å². The van der Waals surface area contributed by atoms with Gasteiger partial charge in [-0.3, -0.25) is 14.9 Å². The highest BCUT2D eigenvalue weighted by Crippen LogP contribution is 2.43. The standard InChI is InChI=1S/C12H15NO6S/c1-12(2,11(14)15)20-10-6-9(19-4)8(18-3)5-7(10)13(16)17/h5-6H,1-4H3,(H,14,15). The Bertz CT molecular complexity index is 543. The summed E-state index contributed by atoms with van der Waals surface area (Å²) < 4.78 is 8.88. The number of carboxylic acids is 1. The van der Waals surface area contributed by atoms with Gasteiger partial charge in [-0.25, -0.2) is 0 Å². The van der Waals surface area contributed by atoms with E-state index in [-0.39, 0.29) is 16.3 Å². The third-order valence-corrected chi connectivity index (χ3v) is 3.77. The highest BCUT2D eigenvalue weighted by atomic mass is 32.2. The number of thioether (sulfide) groups is 1. The SMILES string of the molecule is COc1cc(SC(C)(C)C(=O)O)c([N+](=O)[O-])cc1OC. The molecule has 0 aromatic heterocycles. The van der Waals surface area contributed by atoms with Gasteiger partial charge in [0.25, 0.3) is 5.69 Å². The number of ether oxygens (including phenoxy) is 2. The van der Waals surface area contributed by atoms with Crippen LogP contribution in [-0.2, 0) is 4.79 Å². The molecular weight excluding hydrogens is 286 g/mol. The molecule has 0 atom stereocenters. The van der Waals surface area contributed by atoms with E-state index in [1.807, 2.05) is 0 Å². The van der Waals surface area contributed by atoms with Crippen LogP contribution in [0.15, 0.2) is 17.0 Å². The van der Waals surface area contributed by atoms with E-state index in [2.05, 4.69) is 0 Å². The maximum atomic E-state index is 11.1. The molecule has 0 bridgehead atoms. The van der Waals surface area contributed by atoms with Gasteiger partial charge in [0, 0.05) is 6.07 Å². The first kappa shape index (κ1) is 16.1. The summed E-state index contributed by atoms with van der Waals surface area (Å²) in [4.78, 5) is 21.9. The monoisotopic (exact) mass is 301 g/mol. The van der Waals surface area contributed by atoms with Crippen LogP contribution in [0.5, 0.6) is 11.5 Å². The van der Waals surface area contributed by atoms with Crippen LogP contribution >= 0.6 is 11.8 Å². The molecule has 0 radical (unpaired) electrons. The van der Waals surface area contributed by atoms with Crippen LogP contribution in [0.25, 0.3) is 0 Å². The van der Waals surface area contributed by atoms with Crippen LogP contribution in [-0.4, -0.2) is 35.0 Å². The van der Waals surface area contributed by atoms with E-state index in [1.54, 1.807) is 0 Å². The number of carboxylic acid groups (broad SMARTS) is 1. The molecule has 0 unspecified atom stereocenters.